The van der Waals surface area contributed by atoms with Crippen molar-refractivity contribution >= 4 is 11.8 Å². The van der Waals surface area contributed by atoms with E-state index in [4.69, 9.17) is 0 Å². The Labute approximate surface area is 137 Å². The molecule has 2 amide bonds. The second kappa shape index (κ2) is 8.67. The SMILES string of the molecule is O=C(CCNC(=O)Cc1ccccc1)NCC1(O)CCCCC1. The first kappa shape index (κ1) is 17.5. The number of aliphatic hydroxyl groups is 1. The molecule has 1 aliphatic carbocycles. The highest BCUT2D eigenvalue weighted by molar-refractivity contribution is 5.80. The molecule has 0 heterocycles. The summed E-state index contributed by atoms with van der Waals surface area (Å²) in [6.07, 6.45) is 5.24. The predicted molar refractivity (Wildman–Crippen MR) is 88.8 cm³/mol. The van der Waals surface area contributed by atoms with Crippen LogP contribution in [0.25, 0.3) is 0 Å². The van der Waals surface area contributed by atoms with E-state index in [2.05, 4.69) is 10.6 Å². The lowest BCUT2D eigenvalue weighted by Gasteiger charge is -2.32. The number of nitrogens with one attached hydrogen (secondary N) is 2. The maximum absolute atomic E-state index is 11.8. The molecule has 0 aromatic heterocycles. The van der Waals surface area contributed by atoms with E-state index in [1.54, 1.807) is 0 Å². The number of carbonyl (C=O) groups excluding carboxylic acids is 2. The topological polar surface area (TPSA) is 78.4 Å². The summed E-state index contributed by atoms with van der Waals surface area (Å²) >= 11 is 0. The number of rotatable bonds is 7. The van der Waals surface area contributed by atoms with Crippen LogP contribution in [-0.4, -0.2) is 35.6 Å². The second-order valence-electron chi connectivity index (χ2n) is 6.32. The van der Waals surface area contributed by atoms with E-state index in [1.807, 2.05) is 30.3 Å². The smallest absolute Gasteiger partial charge is 0.224 e. The minimum atomic E-state index is -0.746. The Morgan fingerprint density at radius 2 is 1.70 bits per heavy atom. The number of hydrogen-bond acceptors (Lipinski definition) is 3. The van der Waals surface area contributed by atoms with Gasteiger partial charge in [0, 0.05) is 19.5 Å². The fraction of sp³-hybridized carbons (Fsp3) is 0.556. The monoisotopic (exact) mass is 318 g/mol. The molecule has 1 fully saturated rings. The van der Waals surface area contributed by atoms with Crippen molar-refractivity contribution in [1.82, 2.24) is 10.6 Å². The summed E-state index contributed by atoms with van der Waals surface area (Å²) in [6.45, 7) is 0.625. The predicted octanol–water partition coefficient (Wildman–Crippen LogP) is 1.55. The summed E-state index contributed by atoms with van der Waals surface area (Å²) in [5.41, 5.74) is 0.207. The lowest BCUT2D eigenvalue weighted by atomic mass is 9.85. The van der Waals surface area contributed by atoms with Crippen LogP contribution in [0.4, 0.5) is 0 Å². The fourth-order valence-corrected chi connectivity index (χ4v) is 2.90. The van der Waals surface area contributed by atoms with E-state index < -0.39 is 5.60 Å². The fourth-order valence-electron chi connectivity index (χ4n) is 2.90. The zero-order valence-corrected chi connectivity index (χ0v) is 13.5. The van der Waals surface area contributed by atoms with E-state index in [9.17, 15) is 14.7 Å². The third-order valence-corrected chi connectivity index (χ3v) is 4.28. The van der Waals surface area contributed by atoms with Crippen LogP contribution in [-0.2, 0) is 16.0 Å². The average molecular weight is 318 g/mol. The molecule has 1 saturated carbocycles. The van der Waals surface area contributed by atoms with Gasteiger partial charge in [0.2, 0.25) is 11.8 Å². The molecule has 5 nitrogen and oxygen atoms in total. The zero-order chi connectivity index (χ0) is 16.5. The van der Waals surface area contributed by atoms with Crippen molar-refractivity contribution in [3.05, 3.63) is 35.9 Å². The van der Waals surface area contributed by atoms with Crippen LogP contribution in [0.3, 0.4) is 0 Å². The normalized spacial score (nSPS) is 16.6. The zero-order valence-electron chi connectivity index (χ0n) is 13.5. The first-order valence-corrected chi connectivity index (χ1v) is 8.37. The maximum Gasteiger partial charge on any atom is 0.224 e. The van der Waals surface area contributed by atoms with Gasteiger partial charge >= 0.3 is 0 Å². The summed E-state index contributed by atoms with van der Waals surface area (Å²) in [5.74, 6) is -0.223. The van der Waals surface area contributed by atoms with Crippen LogP contribution in [0.1, 0.15) is 44.1 Å². The van der Waals surface area contributed by atoms with Crippen molar-refractivity contribution in [1.29, 1.82) is 0 Å². The molecular weight excluding hydrogens is 292 g/mol. The number of benzene rings is 1. The molecule has 1 aromatic carbocycles. The van der Waals surface area contributed by atoms with Gasteiger partial charge in [0.1, 0.15) is 0 Å². The molecule has 23 heavy (non-hydrogen) atoms. The van der Waals surface area contributed by atoms with Gasteiger partial charge in [-0.05, 0) is 18.4 Å². The Kier molecular flexibility index (Phi) is 6.59. The minimum absolute atomic E-state index is 0.0880. The minimum Gasteiger partial charge on any atom is -0.388 e. The Morgan fingerprint density at radius 3 is 2.39 bits per heavy atom. The largest absolute Gasteiger partial charge is 0.388 e. The Balaban J connectivity index is 1.60. The lowest BCUT2D eigenvalue weighted by molar-refractivity contribution is -0.123. The van der Waals surface area contributed by atoms with Crippen LogP contribution in [0.15, 0.2) is 30.3 Å². The second-order valence-corrected chi connectivity index (χ2v) is 6.32. The number of carbonyl (C=O) groups is 2. The van der Waals surface area contributed by atoms with Gasteiger partial charge in [0.05, 0.1) is 12.0 Å². The van der Waals surface area contributed by atoms with Gasteiger partial charge < -0.3 is 15.7 Å². The Hall–Kier alpha value is -1.88. The molecule has 1 aliphatic rings. The quantitative estimate of drug-likeness (QED) is 0.714. The molecule has 1 aromatic rings. The number of hydrogen-bond donors (Lipinski definition) is 3. The number of amides is 2. The van der Waals surface area contributed by atoms with Crippen LogP contribution in [0.5, 0.6) is 0 Å². The first-order valence-electron chi connectivity index (χ1n) is 8.37. The summed E-state index contributed by atoms with van der Waals surface area (Å²) < 4.78 is 0. The van der Waals surface area contributed by atoms with E-state index in [0.29, 0.717) is 19.5 Å². The molecular formula is C18H26N2O3. The van der Waals surface area contributed by atoms with Crippen molar-refractivity contribution in [2.24, 2.45) is 0 Å². The van der Waals surface area contributed by atoms with E-state index in [1.165, 1.54) is 0 Å². The molecule has 0 unspecified atom stereocenters. The van der Waals surface area contributed by atoms with Gasteiger partial charge in [-0.25, -0.2) is 0 Å². The Morgan fingerprint density at radius 1 is 1.00 bits per heavy atom. The third kappa shape index (κ3) is 6.40. The molecule has 3 N–H and O–H groups in total. The molecule has 0 atom stereocenters. The average Bonchev–Trinajstić information content (AvgIpc) is 2.55. The molecule has 0 bridgehead atoms. The van der Waals surface area contributed by atoms with Gasteiger partial charge in [0.25, 0.3) is 0 Å². The van der Waals surface area contributed by atoms with Crippen molar-refractivity contribution in [3.63, 3.8) is 0 Å². The highest BCUT2D eigenvalue weighted by Gasteiger charge is 2.29. The summed E-state index contributed by atoms with van der Waals surface area (Å²) in [4.78, 5) is 23.6. The van der Waals surface area contributed by atoms with Crippen molar-refractivity contribution in [3.8, 4) is 0 Å². The third-order valence-electron chi connectivity index (χ3n) is 4.28. The van der Waals surface area contributed by atoms with E-state index in [-0.39, 0.29) is 18.2 Å². The van der Waals surface area contributed by atoms with Gasteiger partial charge in [-0.1, -0.05) is 49.6 Å². The van der Waals surface area contributed by atoms with Crippen molar-refractivity contribution in [2.75, 3.05) is 13.1 Å². The summed E-state index contributed by atoms with van der Waals surface area (Å²) in [7, 11) is 0. The Bertz CT molecular complexity index is 510. The lowest BCUT2D eigenvalue weighted by Crippen LogP contribution is -2.44. The van der Waals surface area contributed by atoms with E-state index in [0.717, 1.165) is 37.7 Å². The first-order chi connectivity index (χ1) is 11.1. The summed E-state index contributed by atoms with van der Waals surface area (Å²) in [5, 5.41) is 15.8. The van der Waals surface area contributed by atoms with Crippen molar-refractivity contribution in [2.45, 2.75) is 50.5 Å². The van der Waals surface area contributed by atoms with Gasteiger partial charge in [-0.15, -0.1) is 0 Å². The van der Waals surface area contributed by atoms with Crippen molar-refractivity contribution < 1.29 is 14.7 Å². The molecule has 0 aliphatic heterocycles. The molecule has 2 rings (SSSR count). The van der Waals surface area contributed by atoms with Crippen LogP contribution in [0.2, 0.25) is 0 Å². The maximum atomic E-state index is 11.8. The molecule has 0 spiro atoms. The molecule has 5 heteroatoms. The van der Waals surface area contributed by atoms with Crippen LogP contribution in [0, 0.1) is 0 Å². The van der Waals surface area contributed by atoms with Crippen LogP contribution >= 0.6 is 0 Å². The van der Waals surface area contributed by atoms with Gasteiger partial charge in [0.15, 0.2) is 0 Å². The highest BCUT2D eigenvalue weighted by Crippen LogP contribution is 2.27. The van der Waals surface area contributed by atoms with Gasteiger partial charge in [-0.2, -0.15) is 0 Å². The standard InChI is InChI=1S/C18H26N2O3/c21-16(20-14-18(23)10-5-2-6-11-18)9-12-19-17(22)13-15-7-3-1-4-8-15/h1,3-4,7-8,23H,2,5-6,9-14H2,(H,19,22)(H,20,21). The van der Waals surface area contributed by atoms with E-state index >= 15 is 0 Å². The summed E-state index contributed by atoms with van der Waals surface area (Å²) in [6, 6.07) is 9.50. The van der Waals surface area contributed by atoms with Crippen LogP contribution < -0.4 is 10.6 Å². The molecule has 0 saturated heterocycles. The molecule has 126 valence electrons. The highest BCUT2D eigenvalue weighted by atomic mass is 16.3. The van der Waals surface area contributed by atoms with Gasteiger partial charge in [-0.3, -0.25) is 9.59 Å². The molecule has 0 radical (unpaired) electrons.